The maximum atomic E-state index is 11.5. The van der Waals surface area contributed by atoms with Crippen molar-refractivity contribution in [3.05, 3.63) is 36.7 Å². The van der Waals surface area contributed by atoms with Gasteiger partial charge in [0.25, 0.3) is 0 Å². The Labute approximate surface area is 210 Å². The van der Waals surface area contributed by atoms with Crippen molar-refractivity contribution in [2.75, 3.05) is 24.8 Å². The lowest BCUT2D eigenvalue weighted by Crippen LogP contribution is -2.39. The first-order valence-corrected chi connectivity index (χ1v) is 14.0. The van der Waals surface area contributed by atoms with Crippen LogP contribution in [0.1, 0.15) is 39.5 Å². The second kappa shape index (κ2) is 9.92. The van der Waals surface area contributed by atoms with Gasteiger partial charge in [-0.3, -0.25) is 0 Å². The molecule has 2 fully saturated rings. The summed E-state index contributed by atoms with van der Waals surface area (Å²) in [6.07, 6.45) is 7.75. The molecule has 1 aliphatic carbocycles. The zero-order valence-electron chi connectivity index (χ0n) is 20.7. The van der Waals surface area contributed by atoms with Crippen molar-refractivity contribution in [1.29, 1.82) is 0 Å². The predicted molar refractivity (Wildman–Crippen MR) is 135 cm³/mol. The van der Waals surface area contributed by atoms with Crippen molar-refractivity contribution in [1.82, 2.24) is 24.5 Å². The zero-order valence-corrected chi connectivity index (χ0v) is 21.5. The van der Waals surface area contributed by atoms with Gasteiger partial charge < -0.3 is 19.5 Å². The maximum Gasteiger partial charge on any atom is 0.224 e. The maximum absolute atomic E-state index is 11.5. The number of sulfonamides is 1. The van der Waals surface area contributed by atoms with Crippen LogP contribution in [0.4, 0.5) is 5.95 Å². The molecule has 12 heteroatoms. The molecule has 0 amide bonds. The molecule has 3 aromatic rings. The number of ether oxygens (including phenoxy) is 3. The Bertz CT molecular complexity index is 1320. The number of rotatable bonds is 8. The fourth-order valence-electron chi connectivity index (χ4n) is 4.74. The van der Waals surface area contributed by atoms with E-state index in [-0.39, 0.29) is 18.2 Å². The summed E-state index contributed by atoms with van der Waals surface area (Å²) in [5.41, 5.74) is 0.869. The predicted octanol–water partition coefficient (Wildman–Crippen LogP) is 2.62. The third kappa shape index (κ3) is 5.94. The third-order valence-corrected chi connectivity index (χ3v) is 7.13. The van der Waals surface area contributed by atoms with Gasteiger partial charge in [-0.25, -0.2) is 22.8 Å². The molecule has 36 heavy (non-hydrogen) atoms. The molecule has 11 nitrogen and oxygen atoms in total. The average Bonchev–Trinajstić information content (AvgIpc) is 3.41. The summed E-state index contributed by atoms with van der Waals surface area (Å²) < 4.78 is 44.9. The normalized spacial score (nSPS) is 24.1. The molecule has 2 aromatic heterocycles. The summed E-state index contributed by atoms with van der Waals surface area (Å²) >= 11 is 0. The highest BCUT2D eigenvalue weighted by Gasteiger charge is 2.33. The Morgan fingerprint density at radius 1 is 1.17 bits per heavy atom. The molecule has 5 rings (SSSR count). The quantitative estimate of drug-likeness (QED) is 0.464. The van der Waals surface area contributed by atoms with Crippen LogP contribution in [0.3, 0.4) is 0 Å². The Morgan fingerprint density at radius 2 is 1.94 bits per heavy atom. The molecule has 0 spiro atoms. The van der Waals surface area contributed by atoms with E-state index in [4.69, 9.17) is 14.2 Å². The number of anilines is 1. The molecule has 0 bridgehead atoms. The number of hydrogen-bond donors (Lipinski definition) is 2. The van der Waals surface area contributed by atoms with Crippen molar-refractivity contribution < 1.29 is 22.6 Å². The van der Waals surface area contributed by atoms with Crippen molar-refractivity contribution in [2.45, 2.75) is 63.5 Å². The van der Waals surface area contributed by atoms with E-state index >= 15 is 0 Å². The molecule has 1 aliphatic heterocycles. The largest absolute Gasteiger partial charge is 0.490 e. The Morgan fingerprint density at radius 3 is 2.67 bits per heavy atom. The number of nitrogens with one attached hydrogen (secondary N) is 2. The Kier molecular flexibility index (Phi) is 6.86. The number of nitrogens with zero attached hydrogens (tertiary/aromatic N) is 4. The van der Waals surface area contributed by atoms with Gasteiger partial charge >= 0.3 is 0 Å². The van der Waals surface area contributed by atoms with Crippen LogP contribution >= 0.6 is 0 Å². The van der Waals surface area contributed by atoms with Gasteiger partial charge in [-0.15, -0.1) is 0 Å². The fraction of sp³-hybridized carbons (Fsp3) is 0.542. The van der Waals surface area contributed by atoms with E-state index in [0.717, 1.165) is 42.3 Å². The van der Waals surface area contributed by atoms with E-state index in [1.807, 2.05) is 38.1 Å². The minimum Gasteiger partial charge on any atom is -0.490 e. The standard InChI is InChI=1S/C24H32N6O5S/c1-24(2)34-15-18(35-24)14-33-21-6-4-5-20-19(21)13-26-30(20)22-11-12-25-23(28-22)27-16-7-9-17(10-8-16)29-36(3,31)32/h4-6,11-13,16-18,29H,7-10,14-15H2,1-3H3,(H,25,27,28)/t16-,17-,18-/m1/s1. The first kappa shape index (κ1) is 24.9. The van der Waals surface area contributed by atoms with E-state index in [9.17, 15) is 8.42 Å². The molecule has 2 aliphatic rings. The highest BCUT2D eigenvalue weighted by atomic mass is 32.2. The zero-order chi connectivity index (χ0) is 25.3. The number of hydrogen-bond acceptors (Lipinski definition) is 9. The van der Waals surface area contributed by atoms with Gasteiger partial charge in [0.1, 0.15) is 18.5 Å². The van der Waals surface area contributed by atoms with E-state index < -0.39 is 15.8 Å². The van der Waals surface area contributed by atoms with E-state index in [2.05, 4.69) is 25.1 Å². The van der Waals surface area contributed by atoms with Crippen molar-refractivity contribution in [3.63, 3.8) is 0 Å². The van der Waals surface area contributed by atoms with E-state index in [1.165, 1.54) is 6.26 Å². The van der Waals surface area contributed by atoms with E-state index in [1.54, 1.807) is 17.1 Å². The average molecular weight is 517 g/mol. The van der Waals surface area contributed by atoms with Crippen LogP contribution in [-0.4, -0.2) is 71.6 Å². The summed E-state index contributed by atoms with van der Waals surface area (Å²) in [6, 6.07) is 7.78. The lowest BCUT2D eigenvalue weighted by atomic mass is 9.92. The number of aromatic nitrogens is 4. The summed E-state index contributed by atoms with van der Waals surface area (Å²) in [4.78, 5) is 9.06. The Hall–Kier alpha value is -2.80. The topological polar surface area (TPSA) is 129 Å². The lowest BCUT2D eigenvalue weighted by Gasteiger charge is -2.29. The van der Waals surface area contributed by atoms with Crippen LogP contribution in [0, 0.1) is 0 Å². The second-order valence-corrected chi connectivity index (χ2v) is 11.6. The van der Waals surface area contributed by atoms with Gasteiger partial charge in [-0.2, -0.15) is 10.1 Å². The third-order valence-electron chi connectivity index (χ3n) is 6.36. The fourth-order valence-corrected chi connectivity index (χ4v) is 5.58. The molecule has 1 aromatic carbocycles. The summed E-state index contributed by atoms with van der Waals surface area (Å²) in [6.45, 7) is 4.67. The number of benzene rings is 1. The molecule has 2 N–H and O–H groups in total. The van der Waals surface area contributed by atoms with Crippen LogP contribution in [-0.2, 0) is 19.5 Å². The molecule has 1 atom stereocenters. The number of fused-ring (bicyclic) bond motifs is 1. The van der Waals surface area contributed by atoms with Crippen molar-refractivity contribution >= 4 is 26.9 Å². The minimum atomic E-state index is -3.19. The van der Waals surface area contributed by atoms with Gasteiger partial charge in [0.05, 0.1) is 30.0 Å². The van der Waals surface area contributed by atoms with Crippen LogP contribution in [0.2, 0.25) is 0 Å². The second-order valence-electron chi connectivity index (χ2n) is 9.83. The molecule has 1 saturated carbocycles. The van der Waals surface area contributed by atoms with Gasteiger partial charge in [0, 0.05) is 24.3 Å². The molecule has 3 heterocycles. The first-order chi connectivity index (χ1) is 17.2. The van der Waals surface area contributed by atoms with Crippen molar-refractivity contribution in [2.24, 2.45) is 0 Å². The minimum absolute atomic E-state index is 0.0172. The molecular weight excluding hydrogens is 484 g/mol. The summed E-state index contributed by atoms with van der Waals surface area (Å²) in [7, 11) is -3.19. The Balaban J connectivity index is 1.26. The lowest BCUT2D eigenvalue weighted by molar-refractivity contribution is -0.141. The van der Waals surface area contributed by atoms with E-state index in [0.29, 0.717) is 25.0 Å². The molecule has 194 valence electrons. The van der Waals surface area contributed by atoms with Crippen molar-refractivity contribution in [3.8, 4) is 11.6 Å². The SMILES string of the molecule is CC1(C)OC[C@@H](COc2cccc3c2cnn3-c2ccnc(N[C@H]3CC[C@H](NS(C)(=O)=O)CC3)n2)O1. The monoisotopic (exact) mass is 516 g/mol. The van der Waals surface area contributed by atoms with Crippen LogP contribution < -0.4 is 14.8 Å². The first-order valence-electron chi connectivity index (χ1n) is 12.1. The van der Waals surface area contributed by atoms with Crippen LogP contribution in [0.25, 0.3) is 16.7 Å². The highest BCUT2D eigenvalue weighted by Crippen LogP contribution is 2.29. The smallest absolute Gasteiger partial charge is 0.224 e. The van der Waals surface area contributed by atoms with Gasteiger partial charge in [0.15, 0.2) is 11.6 Å². The van der Waals surface area contributed by atoms with Gasteiger partial charge in [-0.1, -0.05) is 6.07 Å². The highest BCUT2D eigenvalue weighted by molar-refractivity contribution is 7.88. The summed E-state index contributed by atoms with van der Waals surface area (Å²) in [5.74, 6) is 1.29. The van der Waals surface area contributed by atoms with Crippen LogP contribution in [0.15, 0.2) is 36.7 Å². The molecule has 1 saturated heterocycles. The molecule has 0 unspecified atom stereocenters. The van der Waals surface area contributed by atoms with Crippen LogP contribution in [0.5, 0.6) is 5.75 Å². The molecular formula is C24H32N6O5S. The van der Waals surface area contributed by atoms with Gasteiger partial charge in [0.2, 0.25) is 16.0 Å². The molecule has 0 radical (unpaired) electrons. The van der Waals surface area contributed by atoms with Gasteiger partial charge in [-0.05, 0) is 51.7 Å². The summed E-state index contributed by atoms with van der Waals surface area (Å²) in [5, 5.41) is 8.83.